The largest absolute Gasteiger partial charge is 0.416 e. The molecule has 2 aliphatic heterocycles. The normalized spacial score (nSPS) is 26.9. The van der Waals surface area contributed by atoms with E-state index in [-0.39, 0.29) is 24.4 Å². The molecule has 4 rings (SSSR count). The summed E-state index contributed by atoms with van der Waals surface area (Å²) in [6, 6.07) is 3.15. The molecule has 2 heterocycles. The van der Waals surface area contributed by atoms with Crippen molar-refractivity contribution in [1.29, 1.82) is 0 Å². The molecular weight excluding hydrogens is 423 g/mol. The van der Waals surface area contributed by atoms with Gasteiger partial charge in [0, 0.05) is 31.0 Å². The number of imide groups is 1. The number of hydrogen-bond acceptors (Lipinski definition) is 4. The van der Waals surface area contributed by atoms with Crippen LogP contribution in [0, 0.1) is 11.3 Å². The van der Waals surface area contributed by atoms with Crippen molar-refractivity contribution < 1.29 is 27.5 Å². The molecule has 9 heteroatoms. The van der Waals surface area contributed by atoms with Gasteiger partial charge in [0.1, 0.15) is 0 Å². The fourth-order valence-electron chi connectivity index (χ4n) is 5.26. The smallest absolute Gasteiger partial charge is 0.381 e. The summed E-state index contributed by atoms with van der Waals surface area (Å²) in [7, 11) is 0. The molecule has 0 unspecified atom stereocenters. The van der Waals surface area contributed by atoms with E-state index < -0.39 is 23.2 Å². The number of amides is 3. The number of ether oxygens (including phenoxy) is 1. The Morgan fingerprint density at radius 3 is 2.59 bits per heavy atom. The van der Waals surface area contributed by atoms with Crippen molar-refractivity contribution in [2.75, 3.05) is 18.5 Å². The van der Waals surface area contributed by atoms with E-state index >= 15 is 0 Å². The van der Waals surface area contributed by atoms with Gasteiger partial charge >= 0.3 is 12.2 Å². The molecule has 0 radical (unpaired) electrons. The first kappa shape index (κ1) is 23.0. The van der Waals surface area contributed by atoms with Crippen LogP contribution in [0.15, 0.2) is 18.2 Å². The van der Waals surface area contributed by atoms with Gasteiger partial charge in [-0.25, -0.2) is 4.79 Å². The van der Waals surface area contributed by atoms with Crippen molar-refractivity contribution in [3.05, 3.63) is 29.3 Å². The number of nitrogens with zero attached hydrogens (tertiary/aromatic N) is 1. The molecule has 1 saturated heterocycles. The number of benzene rings is 1. The van der Waals surface area contributed by atoms with Gasteiger partial charge in [-0.3, -0.25) is 9.69 Å². The number of fused-ring (bicyclic) bond motifs is 1. The van der Waals surface area contributed by atoms with Crippen LogP contribution in [0.1, 0.15) is 57.1 Å². The lowest BCUT2D eigenvalue weighted by atomic mass is 9.74. The summed E-state index contributed by atoms with van der Waals surface area (Å²) in [6.45, 7) is 5.26. The first-order valence-electron chi connectivity index (χ1n) is 11.3. The predicted octanol–water partition coefficient (Wildman–Crippen LogP) is 4.54. The molecular formula is C23H30F3N3O3. The Hall–Kier alpha value is -2.13. The Labute approximate surface area is 185 Å². The summed E-state index contributed by atoms with van der Waals surface area (Å²) in [5.74, 6) is -0.309. The van der Waals surface area contributed by atoms with Crippen molar-refractivity contribution in [3.63, 3.8) is 0 Å². The summed E-state index contributed by atoms with van der Waals surface area (Å²) in [6.07, 6.45) is -0.536. The number of hydrogen-bond donors (Lipinski definition) is 2. The Balaban J connectivity index is 1.53. The van der Waals surface area contributed by atoms with Crippen LogP contribution in [0.5, 0.6) is 0 Å². The first-order chi connectivity index (χ1) is 15.1. The van der Waals surface area contributed by atoms with Crippen LogP contribution in [0.2, 0.25) is 0 Å². The van der Waals surface area contributed by atoms with Crippen molar-refractivity contribution in [2.24, 2.45) is 11.3 Å². The Morgan fingerprint density at radius 1 is 1.22 bits per heavy atom. The highest BCUT2D eigenvalue weighted by Gasteiger charge is 2.51. The van der Waals surface area contributed by atoms with Crippen molar-refractivity contribution in [1.82, 2.24) is 10.2 Å². The number of carbonyl (C=O) groups is 2. The van der Waals surface area contributed by atoms with Gasteiger partial charge in [-0.05, 0) is 61.8 Å². The Morgan fingerprint density at radius 2 is 1.94 bits per heavy atom. The van der Waals surface area contributed by atoms with Gasteiger partial charge in [0.15, 0.2) is 0 Å². The van der Waals surface area contributed by atoms with E-state index in [1.54, 1.807) is 0 Å². The van der Waals surface area contributed by atoms with Crippen LogP contribution in [0.3, 0.4) is 0 Å². The minimum atomic E-state index is -4.49. The number of rotatable bonds is 4. The maximum Gasteiger partial charge on any atom is 0.416 e. The lowest BCUT2D eigenvalue weighted by molar-refractivity contribution is -0.142. The molecule has 6 nitrogen and oxygen atoms in total. The van der Waals surface area contributed by atoms with Gasteiger partial charge in [-0.15, -0.1) is 0 Å². The molecule has 2 atom stereocenters. The summed E-state index contributed by atoms with van der Waals surface area (Å²) >= 11 is 0. The number of halogens is 3. The number of nitrogens with one attached hydrogen (secondary N) is 2. The van der Waals surface area contributed by atoms with E-state index in [0.29, 0.717) is 30.1 Å². The zero-order chi connectivity index (χ0) is 23.1. The highest BCUT2D eigenvalue weighted by Crippen LogP contribution is 2.47. The molecule has 32 heavy (non-hydrogen) atoms. The highest BCUT2D eigenvalue weighted by molar-refractivity contribution is 6.05. The second-order valence-corrected chi connectivity index (χ2v) is 9.50. The molecule has 1 aromatic carbocycles. The molecule has 0 spiro atoms. The molecule has 2 N–H and O–H groups in total. The summed E-state index contributed by atoms with van der Waals surface area (Å²) in [5.41, 5.74) is -0.906. The third-order valence-corrected chi connectivity index (χ3v) is 7.27. The van der Waals surface area contributed by atoms with Gasteiger partial charge in [-0.1, -0.05) is 13.8 Å². The topological polar surface area (TPSA) is 70.7 Å². The molecule has 0 aromatic heterocycles. The Kier molecular flexibility index (Phi) is 6.24. The number of urea groups is 1. The quantitative estimate of drug-likeness (QED) is 0.702. The lowest BCUT2D eigenvalue weighted by Gasteiger charge is -2.39. The number of anilines is 1. The maximum atomic E-state index is 13.7. The zero-order valence-electron chi connectivity index (χ0n) is 18.4. The van der Waals surface area contributed by atoms with Crippen molar-refractivity contribution >= 4 is 17.6 Å². The van der Waals surface area contributed by atoms with Gasteiger partial charge in [0.25, 0.3) is 0 Å². The van der Waals surface area contributed by atoms with E-state index in [1.165, 1.54) is 6.07 Å². The molecule has 1 saturated carbocycles. The molecule has 1 aromatic rings. The van der Waals surface area contributed by atoms with Crippen LogP contribution < -0.4 is 10.6 Å². The van der Waals surface area contributed by atoms with Crippen LogP contribution in [-0.2, 0) is 22.3 Å². The number of carbonyl (C=O) groups excluding carboxylic acids is 2. The zero-order valence-corrected chi connectivity index (χ0v) is 18.4. The minimum Gasteiger partial charge on any atom is -0.381 e. The molecule has 1 aliphatic carbocycles. The van der Waals surface area contributed by atoms with E-state index in [4.69, 9.17) is 4.74 Å². The monoisotopic (exact) mass is 453 g/mol. The fourth-order valence-corrected chi connectivity index (χ4v) is 5.26. The standard InChI is InChI=1S/C23H30F3N3O3/c1-14(2)22(8-5-18(12-22)27-17-6-9-32-10-7-17)20(30)29-13-15-11-16(23(24,25)26)3-4-19(15)28-21(29)31/h3-4,11,14,17-18,27H,5-10,12-13H2,1-2H3,(H,28,31)/t18-,22+/m0/s1. The van der Waals surface area contributed by atoms with E-state index in [9.17, 15) is 22.8 Å². The van der Waals surface area contributed by atoms with Crippen LogP contribution in [-0.4, -0.2) is 42.1 Å². The van der Waals surface area contributed by atoms with Gasteiger partial charge < -0.3 is 15.4 Å². The van der Waals surface area contributed by atoms with Crippen LogP contribution in [0.4, 0.5) is 23.7 Å². The molecule has 2 fully saturated rings. The third-order valence-electron chi connectivity index (χ3n) is 7.27. The second-order valence-electron chi connectivity index (χ2n) is 9.50. The lowest BCUT2D eigenvalue weighted by Crippen LogP contribution is -2.52. The van der Waals surface area contributed by atoms with E-state index in [2.05, 4.69) is 10.6 Å². The highest BCUT2D eigenvalue weighted by atomic mass is 19.4. The van der Waals surface area contributed by atoms with Crippen LogP contribution >= 0.6 is 0 Å². The third kappa shape index (κ3) is 4.37. The molecule has 0 bridgehead atoms. The molecule has 176 valence electrons. The molecule has 3 aliphatic rings. The second kappa shape index (κ2) is 8.67. The maximum absolute atomic E-state index is 13.7. The molecule has 3 amide bonds. The minimum absolute atomic E-state index is 0.00723. The average Bonchev–Trinajstić information content (AvgIpc) is 3.17. The Bertz CT molecular complexity index is 883. The van der Waals surface area contributed by atoms with Gasteiger partial charge in [0.2, 0.25) is 5.91 Å². The predicted molar refractivity (Wildman–Crippen MR) is 113 cm³/mol. The van der Waals surface area contributed by atoms with Crippen LogP contribution in [0.25, 0.3) is 0 Å². The summed E-state index contributed by atoms with van der Waals surface area (Å²) < 4.78 is 44.9. The fraction of sp³-hybridized carbons (Fsp3) is 0.652. The summed E-state index contributed by atoms with van der Waals surface area (Å²) in [5, 5.41) is 6.26. The first-order valence-corrected chi connectivity index (χ1v) is 11.3. The summed E-state index contributed by atoms with van der Waals surface area (Å²) in [4.78, 5) is 27.5. The average molecular weight is 454 g/mol. The SMILES string of the molecule is CC(C)[C@@]1(C(=O)N2Cc3cc(C(F)(F)F)ccc3NC2=O)CC[C@H](NC2CCOCC2)C1. The number of alkyl halides is 3. The van der Waals surface area contributed by atoms with E-state index in [1.807, 2.05) is 13.8 Å². The van der Waals surface area contributed by atoms with E-state index in [0.717, 1.165) is 49.5 Å². The van der Waals surface area contributed by atoms with Crippen molar-refractivity contribution in [2.45, 2.75) is 70.8 Å². The van der Waals surface area contributed by atoms with Gasteiger partial charge in [-0.2, -0.15) is 13.2 Å². The van der Waals surface area contributed by atoms with Gasteiger partial charge in [0.05, 0.1) is 17.5 Å². The van der Waals surface area contributed by atoms with Crippen molar-refractivity contribution in [3.8, 4) is 0 Å².